The molecule has 6 heteroatoms. The van der Waals surface area contributed by atoms with E-state index in [-0.39, 0.29) is 10.7 Å². The number of anilines is 1. The van der Waals surface area contributed by atoms with E-state index < -0.39 is 5.82 Å². The van der Waals surface area contributed by atoms with Crippen LogP contribution in [-0.2, 0) is 0 Å². The van der Waals surface area contributed by atoms with Crippen LogP contribution in [0.5, 0.6) is 0 Å². The lowest BCUT2D eigenvalue weighted by atomic mass is 10.2. The summed E-state index contributed by atoms with van der Waals surface area (Å²) in [5.74, 6) is -0.444. The lowest BCUT2D eigenvalue weighted by molar-refractivity contribution is 0.625. The minimum absolute atomic E-state index is 0.00381. The van der Waals surface area contributed by atoms with E-state index in [4.69, 9.17) is 34.8 Å². The molecule has 0 saturated heterocycles. The molecule has 0 unspecified atom stereocenters. The highest BCUT2D eigenvalue weighted by molar-refractivity contribution is 6.69. The van der Waals surface area contributed by atoms with Crippen LogP contribution in [-0.4, -0.2) is 5.17 Å². The Hall–Kier alpha value is -1.29. The molecule has 98 valence electrons. The predicted octanol–water partition coefficient (Wildman–Crippen LogP) is 5.15. The fourth-order valence-corrected chi connectivity index (χ4v) is 2.02. The molecule has 0 radical (unpaired) electrons. The lowest BCUT2D eigenvalue weighted by Crippen LogP contribution is -2.00. The molecule has 1 N–H and O–H groups in total. The summed E-state index contributed by atoms with van der Waals surface area (Å²) in [7, 11) is 0. The smallest absolute Gasteiger partial charge is 0.159 e. The van der Waals surface area contributed by atoms with Crippen molar-refractivity contribution in [3.05, 3.63) is 63.9 Å². The van der Waals surface area contributed by atoms with Crippen molar-refractivity contribution >= 4 is 45.7 Å². The van der Waals surface area contributed by atoms with Crippen LogP contribution < -0.4 is 5.43 Å². The standard InChI is InChI=1S/C13H8Cl3FN2/c14-8-5-6-12(10(15)7-8)18-19-13(16)9-3-1-2-4-11(9)17/h1-7,18H. The van der Waals surface area contributed by atoms with Crippen LogP contribution in [0, 0.1) is 5.82 Å². The zero-order valence-electron chi connectivity index (χ0n) is 9.50. The molecule has 0 heterocycles. The molecule has 2 nitrogen and oxygen atoms in total. The van der Waals surface area contributed by atoms with Crippen LogP contribution in [0.3, 0.4) is 0 Å². The molecule has 0 aliphatic heterocycles. The van der Waals surface area contributed by atoms with Crippen molar-refractivity contribution < 1.29 is 4.39 Å². The van der Waals surface area contributed by atoms with Gasteiger partial charge < -0.3 is 0 Å². The van der Waals surface area contributed by atoms with Crippen molar-refractivity contribution in [2.45, 2.75) is 0 Å². The van der Waals surface area contributed by atoms with Gasteiger partial charge in [-0.25, -0.2) is 4.39 Å². The van der Waals surface area contributed by atoms with Crippen LogP contribution in [0.1, 0.15) is 5.56 Å². The maximum atomic E-state index is 13.5. The van der Waals surface area contributed by atoms with Crippen LogP contribution in [0.15, 0.2) is 47.6 Å². The SMILES string of the molecule is Fc1ccccc1C(Cl)=NNc1ccc(Cl)cc1Cl. The number of hydrazone groups is 1. The number of nitrogens with one attached hydrogen (secondary N) is 1. The predicted molar refractivity (Wildman–Crippen MR) is 78.9 cm³/mol. The quantitative estimate of drug-likeness (QED) is 0.615. The van der Waals surface area contributed by atoms with Crippen molar-refractivity contribution in [1.82, 2.24) is 0 Å². The van der Waals surface area contributed by atoms with Crippen molar-refractivity contribution in [2.75, 3.05) is 5.43 Å². The second-order valence-electron chi connectivity index (χ2n) is 3.62. The Bertz CT molecular complexity index is 629. The maximum Gasteiger partial charge on any atom is 0.159 e. The van der Waals surface area contributed by atoms with Crippen molar-refractivity contribution in [3.63, 3.8) is 0 Å². The first-order valence-electron chi connectivity index (χ1n) is 5.27. The molecule has 2 rings (SSSR count). The fourth-order valence-electron chi connectivity index (χ4n) is 1.38. The Morgan fingerprint density at radius 1 is 1.11 bits per heavy atom. The minimum atomic E-state index is -0.444. The van der Waals surface area contributed by atoms with Gasteiger partial charge in [-0.05, 0) is 30.3 Å². The normalized spacial score (nSPS) is 11.5. The van der Waals surface area contributed by atoms with E-state index in [2.05, 4.69) is 10.5 Å². The highest BCUT2D eigenvalue weighted by Gasteiger charge is 2.06. The third kappa shape index (κ3) is 3.60. The molecule has 0 fully saturated rings. The molecule has 0 aliphatic rings. The van der Waals surface area contributed by atoms with Crippen molar-refractivity contribution in [3.8, 4) is 0 Å². The Morgan fingerprint density at radius 2 is 1.84 bits per heavy atom. The highest BCUT2D eigenvalue weighted by Crippen LogP contribution is 2.25. The second-order valence-corrected chi connectivity index (χ2v) is 4.82. The van der Waals surface area contributed by atoms with Crippen molar-refractivity contribution in [1.29, 1.82) is 0 Å². The molecule has 0 aliphatic carbocycles. The molecular formula is C13H8Cl3FN2. The average Bonchev–Trinajstić information content (AvgIpc) is 2.38. The summed E-state index contributed by atoms with van der Waals surface area (Å²) in [6, 6.07) is 11.0. The van der Waals surface area contributed by atoms with Gasteiger partial charge in [-0.3, -0.25) is 5.43 Å². The van der Waals surface area contributed by atoms with Gasteiger partial charge in [-0.15, -0.1) is 0 Å². The number of halogens is 4. The molecule has 0 amide bonds. The Balaban J connectivity index is 2.21. The van der Waals surface area contributed by atoms with E-state index >= 15 is 0 Å². The number of benzene rings is 2. The summed E-state index contributed by atoms with van der Waals surface area (Å²) in [5.41, 5.74) is 3.40. The number of hydrogen-bond donors (Lipinski definition) is 1. The van der Waals surface area contributed by atoms with Gasteiger partial charge in [0.25, 0.3) is 0 Å². The van der Waals surface area contributed by atoms with Gasteiger partial charge in [-0.1, -0.05) is 46.9 Å². The third-order valence-corrected chi connectivity index (χ3v) is 3.14. The van der Waals surface area contributed by atoms with Gasteiger partial charge in [0.05, 0.1) is 10.7 Å². The first kappa shape index (κ1) is 14.1. The van der Waals surface area contributed by atoms with E-state index in [0.717, 1.165) is 0 Å². The summed E-state index contributed by atoms with van der Waals surface area (Å²) in [5, 5.41) is 4.80. The molecule has 0 aromatic heterocycles. The van der Waals surface area contributed by atoms with Gasteiger partial charge in [0.2, 0.25) is 0 Å². The van der Waals surface area contributed by atoms with Crippen LogP contribution >= 0.6 is 34.8 Å². The molecule has 2 aromatic carbocycles. The largest absolute Gasteiger partial charge is 0.276 e. The number of nitrogens with zero attached hydrogens (tertiary/aromatic N) is 1. The lowest BCUT2D eigenvalue weighted by Gasteiger charge is -2.05. The summed E-state index contributed by atoms with van der Waals surface area (Å²) in [4.78, 5) is 0. The van der Waals surface area contributed by atoms with E-state index in [0.29, 0.717) is 15.7 Å². The summed E-state index contributed by atoms with van der Waals surface area (Å²) >= 11 is 17.7. The van der Waals surface area contributed by atoms with Crippen LogP contribution in [0.4, 0.5) is 10.1 Å². The van der Waals surface area contributed by atoms with E-state index in [1.165, 1.54) is 12.1 Å². The molecular weight excluding hydrogens is 310 g/mol. The van der Waals surface area contributed by atoms with Crippen molar-refractivity contribution in [2.24, 2.45) is 5.10 Å². The van der Waals surface area contributed by atoms with Gasteiger partial charge in [0.15, 0.2) is 5.17 Å². The molecule has 0 saturated carbocycles. The van der Waals surface area contributed by atoms with E-state index in [1.807, 2.05) is 0 Å². The van der Waals surface area contributed by atoms with Gasteiger partial charge >= 0.3 is 0 Å². The topological polar surface area (TPSA) is 24.4 Å². The summed E-state index contributed by atoms with van der Waals surface area (Å²) < 4.78 is 13.5. The van der Waals surface area contributed by atoms with E-state index in [9.17, 15) is 4.39 Å². The van der Waals surface area contributed by atoms with Gasteiger partial charge in [0, 0.05) is 10.6 Å². The number of rotatable bonds is 3. The van der Waals surface area contributed by atoms with Gasteiger partial charge in [0.1, 0.15) is 5.82 Å². The molecule has 0 spiro atoms. The zero-order chi connectivity index (χ0) is 13.8. The molecule has 19 heavy (non-hydrogen) atoms. The Labute approximate surface area is 124 Å². The molecule has 2 aromatic rings. The van der Waals surface area contributed by atoms with E-state index in [1.54, 1.807) is 30.3 Å². The molecule has 0 bridgehead atoms. The average molecular weight is 318 g/mol. The molecule has 0 atom stereocenters. The first-order valence-corrected chi connectivity index (χ1v) is 6.40. The summed E-state index contributed by atoms with van der Waals surface area (Å²) in [6.07, 6.45) is 0. The first-order chi connectivity index (χ1) is 9.08. The second kappa shape index (κ2) is 6.24. The fraction of sp³-hybridized carbons (Fsp3) is 0. The summed E-state index contributed by atoms with van der Waals surface area (Å²) in [6.45, 7) is 0. The highest BCUT2D eigenvalue weighted by atomic mass is 35.5. The monoisotopic (exact) mass is 316 g/mol. The van der Waals surface area contributed by atoms with Crippen LogP contribution in [0.2, 0.25) is 10.0 Å². The zero-order valence-corrected chi connectivity index (χ0v) is 11.8. The maximum absolute atomic E-state index is 13.5. The van der Waals surface area contributed by atoms with Gasteiger partial charge in [-0.2, -0.15) is 5.10 Å². The number of hydrogen-bond acceptors (Lipinski definition) is 2. The Kier molecular flexibility index (Phi) is 4.64. The van der Waals surface area contributed by atoms with Crippen LogP contribution in [0.25, 0.3) is 0 Å². The Morgan fingerprint density at radius 3 is 2.53 bits per heavy atom. The third-order valence-electron chi connectivity index (χ3n) is 2.30. The minimum Gasteiger partial charge on any atom is -0.276 e.